The lowest BCUT2D eigenvalue weighted by atomic mass is 9.76. The zero-order valence-electron chi connectivity index (χ0n) is 12.9. The number of aromatic nitrogens is 1. The molecule has 2 N–H and O–H groups in total. The molecule has 1 aromatic heterocycles. The van der Waals surface area contributed by atoms with Crippen molar-refractivity contribution in [3.8, 4) is 0 Å². The van der Waals surface area contributed by atoms with Crippen molar-refractivity contribution in [1.82, 2.24) is 9.71 Å². The second-order valence-corrected chi connectivity index (χ2v) is 7.76. The van der Waals surface area contributed by atoms with E-state index in [4.69, 9.17) is 0 Å². The van der Waals surface area contributed by atoms with Crippen molar-refractivity contribution >= 4 is 15.7 Å². The number of nitrogens with zero attached hydrogens (tertiary/aromatic N) is 1. The predicted octanol–water partition coefficient (Wildman–Crippen LogP) is 2.76. The van der Waals surface area contributed by atoms with E-state index < -0.39 is 10.0 Å². The fraction of sp³-hybridized carbons (Fsp3) is 0.667. The Balaban J connectivity index is 2.11. The van der Waals surface area contributed by atoms with E-state index in [-0.39, 0.29) is 10.4 Å². The maximum atomic E-state index is 12.5. The summed E-state index contributed by atoms with van der Waals surface area (Å²) in [5, 5.41) is 3.14. The van der Waals surface area contributed by atoms with Gasteiger partial charge in [-0.05, 0) is 37.3 Å². The zero-order chi connectivity index (χ0) is 15.3. The van der Waals surface area contributed by atoms with Crippen LogP contribution < -0.4 is 10.0 Å². The second kappa shape index (κ2) is 6.75. The summed E-state index contributed by atoms with van der Waals surface area (Å²) in [6.07, 6.45) is 7.30. The van der Waals surface area contributed by atoms with Gasteiger partial charge in [-0.3, -0.25) is 0 Å². The molecule has 1 aliphatic rings. The number of sulfonamides is 1. The first-order chi connectivity index (χ1) is 9.97. The maximum Gasteiger partial charge on any atom is 0.260 e. The van der Waals surface area contributed by atoms with Crippen LogP contribution in [0, 0.1) is 5.41 Å². The molecule has 0 amide bonds. The van der Waals surface area contributed by atoms with E-state index in [1.165, 1.54) is 25.5 Å². The van der Waals surface area contributed by atoms with Crippen LogP contribution in [-0.2, 0) is 10.0 Å². The zero-order valence-corrected chi connectivity index (χ0v) is 13.7. The molecule has 0 saturated heterocycles. The number of pyridine rings is 1. The van der Waals surface area contributed by atoms with E-state index in [1.807, 2.05) is 6.92 Å². The highest BCUT2D eigenvalue weighted by atomic mass is 32.2. The van der Waals surface area contributed by atoms with Crippen LogP contribution in [0.15, 0.2) is 23.4 Å². The van der Waals surface area contributed by atoms with Crippen molar-refractivity contribution in [3.63, 3.8) is 0 Å². The van der Waals surface area contributed by atoms with Crippen LogP contribution in [0.25, 0.3) is 0 Å². The fourth-order valence-electron chi connectivity index (χ4n) is 2.85. The van der Waals surface area contributed by atoms with Crippen molar-refractivity contribution in [2.45, 2.75) is 51.0 Å². The highest BCUT2D eigenvalue weighted by molar-refractivity contribution is 7.89. The number of nitrogens with one attached hydrogen (secondary N) is 2. The number of hydrogen-bond donors (Lipinski definition) is 2. The van der Waals surface area contributed by atoms with Crippen molar-refractivity contribution in [1.29, 1.82) is 0 Å². The molecular weight excluding hydrogens is 286 g/mol. The molecule has 1 fully saturated rings. The van der Waals surface area contributed by atoms with Crippen LogP contribution in [-0.4, -0.2) is 26.5 Å². The largest absolute Gasteiger partial charge is 0.383 e. The highest BCUT2D eigenvalue weighted by Crippen LogP contribution is 2.35. The Bertz CT molecular complexity index is 566. The van der Waals surface area contributed by atoms with Crippen LogP contribution in [0.4, 0.5) is 5.69 Å². The van der Waals surface area contributed by atoms with Gasteiger partial charge in [0, 0.05) is 19.3 Å². The molecule has 1 saturated carbocycles. The van der Waals surface area contributed by atoms with Crippen molar-refractivity contribution in [2.75, 3.05) is 18.4 Å². The summed E-state index contributed by atoms with van der Waals surface area (Å²) in [7, 11) is -3.57. The van der Waals surface area contributed by atoms with Gasteiger partial charge in [-0.25, -0.2) is 18.1 Å². The minimum atomic E-state index is -3.57. The molecule has 21 heavy (non-hydrogen) atoms. The van der Waals surface area contributed by atoms with Crippen LogP contribution in [0.5, 0.6) is 0 Å². The normalized spacial score (nSPS) is 18.4. The summed E-state index contributed by atoms with van der Waals surface area (Å²) < 4.78 is 27.8. The molecule has 0 aromatic carbocycles. The molecule has 1 aliphatic carbocycles. The van der Waals surface area contributed by atoms with Gasteiger partial charge in [0.25, 0.3) is 10.0 Å². The standard InChI is InChI=1S/C15H25N3O2S/c1-3-16-13-8-7-11-17-14(13)21(19,20)18-12-15(2)9-5-4-6-10-15/h7-8,11,16,18H,3-6,9-10,12H2,1-2H3. The Morgan fingerprint density at radius 1 is 1.29 bits per heavy atom. The average molecular weight is 311 g/mol. The second-order valence-electron chi connectivity index (χ2n) is 6.08. The molecular formula is C15H25N3O2S. The van der Waals surface area contributed by atoms with Crippen molar-refractivity contribution in [2.24, 2.45) is 5.41 Å². The SMILES string of the molecule is CCNc1cccnc1S(=O)(=O)NCC1(C)CCCCC1. The molecule has 118 valence electrons. The van der Waals surface area contributed by atoms with Crippen LogP contribution >= 0.6 is 0 Å². The Labute approximate surface area is 127 Å². The highest BCUT2D eigenvalue weighted by Gasteiger charge is 2.29. The third kappa shape index (κ3) is 4.17. The molecule has 0 bridgehead atoms. The van der Waals surface area contributed by atoms with Crippen LogP contribution in [0.3, 0.4) is 0 Å². The third-order valence-corrected chi connectivity index (χ3v) is 5.50. The van der Waals surface area contributed by atoms with Gasteiger partial charge in [-0.15, -0.1) is 0 Å². The summed E-state index contributed by atoms with van der Waals surface area (Å²) in [6.45, 7) is 5.24. The molecule has 5 nitrogen and oxygen atoms in total. The van der Waals surface area contributed by atoms with E-state index in [0.29, 0.717) is 18.8 Å². The summed E-state index contributed by atoms with van der Waals surface area (Å²) >= 11 is 0. The van der Waals surface area contributed by atoms with Crippen LogP contribution in [0.2, 0.25) is 0 Å². The average Bonchev–Trinajstić information content (AvgIpc) is 2.47. The third-order valence-electron chi connectivity index (χ3n) is 4.14. The summed E-state index contributed by atoms with van der Waals surface area (Å²) in [6, 6.07) is 3.48. The first-order valence-corrected chi connectivity index (χ1v) is 9.14. The van der Waals surface area contributed by atoms with Gasteiger partial charge in [-0.1, -0.05) is 26.2 Å². The Morgan fingerprint density at radius 2 is 2.00 bits per heavy atom. The quantitative estimate of drug-likeness (QED) is 0.847. The Hall–Kier alpha value is -1.14. The topological polar surface area (TPSA) is 71.1 Å². The molecule has 0 radical (unpaired) electrons. The monoisotopic (exact) mass is 311 g/mol. The first-order valence-electron chi connectivity index (χ1n) is 7.65. The van der Waals surface area contributed by atoms with Gasteiger partial charge >= 0.3 is 0 Å². The van der Waals surface area contributed by atoms with Gasteiger partial charge in [-0.2, -0.15) is 0 Å². The van der Waals surface area contributed by atoms with Gasteiger partial charge in [0.2, 0.25) is 0 Å². The summed E-state index contributed by atoms with van der Waals surface area (Å²) in [4.78, 5) is 4.04. The summed E-state index contributed by atoms with van der Waals surface area (Å²) in [5.41, 5.74) is 0.625. The van der Waals surface area contributed by atoms with Crippen LogP contribution in [0.1, 0.15) is 46.0 Å². The number of hydrogen-bond acceptors (Lipinski definition) is 4. The van der Waals surface area contributed by atoms with E-state index in [1.54, 1.807) is 12.1 Å². The lowest BCUT2D eigenvalue weighted by Gasteiger charge is -2.33. The number of anilines is 1. The van der Waals surface area contributed by atoms with Crippen molar-refractivity contribution < 1.29 is 8.42 Å². The number of rotatable bonds is 6. The van der Waals surface area contributed by atoms with E-state index in [9.17, 15) is 8.42 Å². The molecule has 0 unspecified atom stereocenters. The fourth-order valence-corrected chi connectivity index (χ4v) is 4.15. The van der Waals surface area contributed by atoms with Gasteiger partial charge < -0.3 is 5.32 Å². The van der Waals surface area contributed by atoms with E-state index in [0.717, 1.165) is 12.8 Å². The smallest absolute Gasteiger partial charge is 0.260 e. The van der Waals surface area contributed by atoms with Gasteiger partial charge in [0.05, 0.1) is 5.69 Å². The maximum absolute atomic E-state index is 12.5. The molecule has 1 aromatic rings. The Morgan fingerprint density at radius 3 is 2.67 bits per heavy atom. The lowest BCUT2D eigenvalue weighted by Crippen LogP contribution is -2.37. The molecule has 6 heteroatoms. The minimum absolute atomic E-state index is 0.0679. The molecule has 0 atom stereocenters. The predicted molar refractivity (Wildman–Crippen MR) is 84.8 cm³/mol. The van der Waals surface area contributed by atoms with Gasteiger partial charge in [0.1, 0.15) is 0 Å². The van der Waals surface area contributed by atoms with Gasteiger partial charge in [0.15, 0.2) is 5.03 Å². The minimum Gasteiger partial charge on any atom is -0.383 e. The molecule has 1 heterocycles. The van der Waals surface area contributed by atoms with E-state index in [2.05, 4.69) is 21.9 Å². The van der Waals surface area contributed by atoms with Crippen molar-refractivity contribution in [3.05, 3.63) is 18.3 Å². The first kappa shape index (κ1) is 16.2. The molecule has 0 aliphatic heterocycles. The molecule has 0 spiro atoms. The summed E-state index contributed by atoms with van der Waals surface area (Å²) in [5.74, 6) is 0. The molecule has 2 rings (SSSR count). The Kier molecular flexibility index (Phi) is 5.22. The van der Waals surface area contributed by atoms with E-state index >= 15 is 0 Å². The lowest BCUT2D eigenvalue weighted by molar-refractivity contribution is 0.219.